The van der Waals surface area contributed by atoms with Gasteiger partial charge in [0, 0.05) is 0 Å². The lowest BCUT2D eigenvalue weighted by molar-refractivity contribution is -0.385. The van der Waals surface area contributed by atoms with Crippen molar-refractivity contribution in [3.05, 3.63) is 57.6 Å². The molecule has 8 nitrogen and oxygen atoms in total. The van der Waals surface area contributed by atoms with E-state index in [9.17, 15) is 18.5 Å². The number of benzene rings is 2. The second-order valence-electron chi connectivity index (χ2n) is 6.19. The van der Waals surface area contributed by atoms with Crippen LogP contribution in [0.3, 0.4) is 0 Å². The maximum Gasteiger partial charge on any atom is 0.297 e. The molecule has 0 N–H and O–H groups in total. The van der Waals surface area contributed by atoms with Gasteiger partial charge < -0.3 is 9.47 Å². The Labute approximate surface area is 164 Å². The second-order valence-corrected chi connectivity index (χ2v) is 7.80. The summed E-state index contributed by atoms with van der Waals surface area (Å²) in [4.78, 5) is 10.7. The average Bonchev–Trinajstić information content (AvgIpc) is 2.70. The first kappa shape index (κ1) is 21.6. The fourth-order valence-electron chi connectivity index (χ4n) is 2.60. The minimum absolute atomic E-state index is 0.0114. The molecule has 0 saturated heterocycles. The molecule has 9 heteroatoms. The van der Waals surface area contributed by atoms with E-state index in [-0.39, 0.29) is 27.6 Å². The zero-order valence-corrected chi connectivity index (χ0v) is 17.0. The van der Waals surface area contributed by atoms with Crippen molar-refractivity contribution >= 4 is 15.8 Å². The van der Waals surface area contributed by atoms with Gasteiger partial charge in [0.25, 0.3) is 15.8 Å². The Morgan fingerprint density at radius 2 is 1.64 bits per heavy atom. The summed E-state index contributed by atoms with van der Waals surface area (Å²) >= 11 is 0. The third-order valence-corrected chi connectivity index (χ3v) is 5.78. The van der Waals surface area contributed by atoms with Crippen molar-refractivity contribution in [2.75, 3.05) is 14.2 Å². The normalized spacial score (nSPS) is 12.4. The van der Waals surface area contributed by atoms with Crippen LogP contribution in [0.5, 0.6) is 11.5 Å². The molecule has 1 unspecified atom stereocenters. The average molecular weight is 409 g/mol. The van der Waals surface area contributed by atoms with E-state index >= 15 is 0 Å². The highest BCUT2D eigenvalue weighted by Gasteiger charge is 2.23. The molecule has 28 heavy (non-hydrogen) atoms. The Morgan fingerprint density at radius 1 is 1.07 bits per heavy atom. The second kappa shape index (κ2) is 9.03. The summed E-state index contributed by atoms with van der Waals surface area (Å²) in [7, 11) is -1.35. The molecule has 0 aliphatic carbocycles. The van der Waals surface area contributed by atoms with E-state index in [1.165, 1.54) is 38.5 Å². The first-order valence-electron chi connectivity index (χ1n) is 8.62. The molecule has 0 aromatic heterocycles. The summed E-state index contributed by atoms with van der Waals surface area (Å²) in [5.41, 5.74) is 0.763. The lowest BCUT2D eigenvalue weighted by Gasteiger charge is -2.12. The van der Waals surface area contributed by atoms with Crippen molar-refractivity contribution < 1.29 is 27.0 Å². The smallest absolute Gasteiger partial charge is 0.297 e. The van der Waals surface area contributed by atoms with Crippen LogP contribution in [-0.4, -0.2) is 27.6 Å². The van der Waals surface area contributed by atoms with Crippen molar-refractivity contribution in [3.8, 4) is 11.5 Å². The van der Waals surface area contributed by atoms with Crippen molar-refractivity contribution in [3.63, 3.8) is 0 Å². The van der Waals surface area contributed by atoms with E-state index in [0.717, 1.165) is 12.0 Å². The lowest BCUT2D eigenvalue weighted by Crippen LogP contribution is -2.08. The third kappa shape index (κ3) is 4.79. The van der Waals surface area contributed by atoms with Gasteiger partial charge in [-0.25, -0.2) is 0 Å². The maximum atomic E-state index is 12.5. The Bertz CT molecular complexity index is 939. The molecule has 2 rings (SSSR count). The van der Waals surface area contributed by atoms with Gasteiger partial charge in [-0.2, -0.15) is 8.42 Å². The summed E-state index contributed by atoms with van der Waals surface area (Å²) in [5.74, 6) is 0.718. The van der Waals surface area contributed by atoms with Gasteiger partial charge in [-0.1, -0.05) is 26.0 Å². The van der Waals surface area contributed by atoms with Crippen LogP contribution >= 0.6 is 0 Å². The fraction of sp³-hybridized carbons (Fsp3) is 0.368. The molecule has 0 spiro atoms. The van der Waals surface area contributed by atoms with Gasteiger partial charge in [0.15, 0.2) is 11.5 Å². The molecule has 2 aromatic rings. The minimum atomic E-state index is -4.08. The molecular weight excluding hydrogens is 386 g/mol. The highest BCUT2D eigenvalue weighted by atomic mass is 32.2. The van der Waals surface area contributed by atoms with E-state index in [4.69, 9.17) is 13.7 Å². The number of hydrogen-bond acceptors (Lipinski definition) is 7. The summed E-state index contributed by atoms with van der Waals surface area (Å²) in [6.45, 7) is 3.59. The fourth-order valence-corrected chi connectivity index (χ4v) is 3.49. The first-order chi connectivity index (χ1) is 13.2. The Hall–Kier alpha value is -2.65. The standard InChI is InChI=1S/C19H23NO7S/c1-5-13(2)14-6-8-16(9-7-14)28(23,24)27-12-15-10-18(25-3)19(26-4)11-17(15)20(21)22/h6-11,13H,5,12H2,1-4H3. The number of ether oxygens (including phenoxy) is 2. The quantitative estimate of drug-likeness (QED) is 0.350. The van der Waals surface area contributed by atoms with Crippen LogP contribution in [0.1, 0.15) is 37.3 Å². The predicted molar refractivity (Wildman–Crippen MR) is 103 cm³/mol. The monoisotopic (exact) mass is 409 g/mol. The van der Waals surface area contributed by atoms with Crippen molar-refractivity contribution in [2.45, 2.75) is 37.7 Å². The van der Waals surface area contributed by atoms with Crippen molar-refractivity contribution in [2.24, 2.45) is 0 Å². The van der Waals surface area contributed by atoms with E-state index in [2.05, 4.69) is 13.8 Å². The molecular formula is C19H23NO7S. The van der Waals surface area contributed by atoms with Crippen LogP contribution < -0.4 is 9.47 Å². The number of rotatable bonds is 9. The maximum absolute atomic E-state index is 12.5. The molecule has 0 fully saturated rings. The molecule has 0 amide bonds. The van der Waals surface area contributed by atoms with Gasteiger partial charge in [0.1, 0.15) is 0 Å². The molecule has 1 atom stereocenters. The molecule has 0 aliphatic heterocycles. The van der Waals surface area contributed by atoms with Crippen LogP contribution in [0, 0.1) is 10.1 Å². The predicted octanol–water partition coefficient (Wildman–Crippen LogP) is 4.03. The Balaban J connectivity index is 2.28. The summed E-state index contributed by atoms with van der Waals surface area (Å²) < 4.78 is 40.2. The highest BCUT2D eigenvalue weighted by Crippen LogP contribution is 2.35. The zero-order valence-electron chi connectivity index (χ0n) is 16.2. The molecule has 0 heterocycles. The molecule has 0 bridgehead atoms. The van der Waals surface area contributed by atoms with E-state index in [1.807, 2.05) is 0 Å². The van der Waals surface area contributed by atoms with Gasteiger partial charge in [-0.3, -0.25) is 14.3 Å². The van der Waals surface area contributed by atoms with Crippen LogP contribution in [0.2, 0.25) is 0 Å². The molecule has 152 valence electrons. The Kier molecular flexibility index (Phi) is 6.98. The zero-order chi connectivity index (χ0) is 20.9. The van der Waals surface area contributed by atoms with Gasteiger partial charge >= 0.3 is 0 Å². The molecule has 0 radical (unpaired) electrons. The van der Waals surface area contributed by atoms with Gasteiger partial charge in [0.05, 0.1) is 42.3 Å². The van der Waals surface area contributed by atoms with Gasteiger partial charge in [-0.15, -0.1) is 0 Å². The molecule has 0 saturated carbocycles. The first-order valence-corrected chi connectivity index (χ1v) is 10.0. The lowest BCUT2D eigenvalue weighted by atomic mass is 9.99. The van der Waals surface area contributed by atoms with Crippen LogP contribution in [0.15, 0.2) is 41.3 Å². The van der Waals surface area contributed by atoms with E-state index < -0.39 is 21.6 Å². The highest BCUT2D eigenvalue weighted by molar-refractivity contribution is 7.86. The van der Waals surface area contributed by atoms with Crippen molar-refractivity contribution in [1.82, 2.24) is 0 Å². The minimum Gasteiger partial charge on any atom is -0.493 e. The largest absolute Gasteiger partial charge is 0.493 e. The van der Waals surface area contributed by atoms with Crippen LogP contribution in [0.25, 0.3) is 0 Å². The van der Waals surface area contributed by atoms with E-state index in [1.54, 1.807) is 12.1 Å². The third-order valence-electron chi connectivity index (χ3n) is 4.50. The summed E-state index contributed by atoms with van der Waals surface area (Å²) in [6.07, 6.45) is 0.936. The summed E-state index contributed by atoms with van der Waals surface area (Å²) in [5, 5.41) is 11.3. The topological polar surface area (TPSA) is 105 Å². The SMILES string of the molecule is CCC(C)c1ccc(S(=O)(=O)OCc2cc(OC)c(OC)cc2[N+](=O)[O-])cc1. The van der Waals surface area contributed by atoms with Crippen molar-refractivity contribution in [1.29, 1.82) is 0 Å². The number of nitro benzene ring substituents is 1. The summed E-state index contributed by atoms with van der Waals surface area (Å²) in [6, 6.07) is 8.93. The van der Waals surface area contributed by atoms with Crippen LogP contribution in [-0.2, 0) is 20.9 Å². The van der Waals surface area contributed by atoms with E-state index in [0.29, 0.717) is 5.92 Å². The molecule has 2 aromatic carbocycles. The van der Waals surface area contributed by atoms with Gasteiger partial charge in [0.2, 0.25) is 0 Å². The number of nitrogens with zero attached hydrogens (tertiary/aromatic N) is 1. The Morgan fingerprint density at radius 3 is 2.14 bits per heavy atom. The van der Waals surface area contributed by atoms with Crippen LogP contribution in [0.4, 0.5) is 5.69 Å². The van der Waals surface area contributed by atoms with Gasteiger partial charge in [-0.05, 0) is 36.1 Å². The number of hydrogen-bond donors (Lipinski definition) is 0. The number of nitro groups is 1. The molecule has 0 aliphatic rings. The number of methoxy groups -OCH3 is 2.